The van der Waals surface area contributed by atoms with Gasteiger partial charge in [-0.05, 0) is 44.1 Å². The lowest BCUT2D eigenvalue weighted by atomic mass is 9.94. The first-order valence-electron chi connectivity index (χ1n) is 9.89. The first kappa shape index (κ1) is 21.7. The zero-order chi connectivity index (χ0) is 18.5. The quantitative estimate of drug-likeness (QED) is 0.807. The van der Waals surface area contributed by atoms with Crippen LogP contribution in [0.4, 0.5) is 0 Å². The molecule has 27 heavy (non-hydrogen) atoms. The van der Waals surface area contributed by atoms with Crippen LogP contribution in [0.25, 0.3) is 0 Å². The predicted molar refractivity (Wildman–Crippen MR) is 110 cm³/mol. The van der Waals surface area contributed by atoms with Gasteiger partial charge in [0.25, 0.3) is 0 Å². The number of nitrogens with one attached hydrogen (secondary N) is 1. The van der Waals surface area contributed by atoms with Crippen molar-refractivity contribution in [2.24, 2.45) is 17.6 Å². The summed E-state index contributed by atoms with van der Waals surface area (Å²) in [5.74, 6) is 0.678. The number of piperidine rings is 1. The fourth-order valence-electron chi connectivity index (χ4n) is 4.10. The molecule has 1 aliphatic carbocycles. The summed E-state index contributed by atoms with van der Waals surface area (Å²) >= 11 is 0. The van der Waals surface area contributed by atoms with E-state index in [2.05, 4.69) is 24.4 Å². The van der Waals surface area contributed by atoms with Crippen LogP contribution in [0.15, 0.2) is 24.3 Å². The molecular formula is C21H32ClN3O2. The molecule has 150 valence electrons. The highest BCUT2D eigenvalue weighted by Gasteiger charge is 2.31. The standard InChI is InChI=1S/C21H31N3O2.ClH/c1-15-5-7-16(8-6-15)14-23-21(26)17-9-11-24(12-10-17)20(25)13-18-3-2-4-19(18)22;/h5-8,17-19H,2-4,9-14,22H2,1H3,(H,23,26);1H/t18-,19+;/m0./s1. The molecular weight excluding hydrogens is 362 g/mol. The van der Waals surface area contributed by atoms with Gasteiger partial charge in [-0.15, -0.1) is 12.4 Å². The van der Waals surface area contributed by atoms with Crippen LogP contribution in [-0.4, -0.2) is 35.8 Å². The summed E-state index contributed by atoms with van der Waals surface area (Å²) in [7, 11) is 0. The second-order valence-corrected chi connectivity index (χ2v) is 7.92. The molecule has 0 aromatic heterocycles. The molecule has 0 radical (unpaired) electrons. The minimum Gasteiger partial charge on any atom is -0.352 e. The number of rotatable bonds is 5. The number of likely N-dealkylation sites (tertiary alicyclic amines) is 1. The number of carbonyl (C=O) groups excluding carboxylic acids is 2. The number of hydrogen-bond donors (Lipinski definition) is 2. The Hall–Kier alpha value is -1.59. The summed E-state index contributed by atoms with van der Waals surface area (Å²) in [4.78, 5) is 26.8. The van der Waals surface area contributed by atoms with E-state index in [4.69, 9.17) is 5.73 Å². The van der Waals surface area contributed by atoms with Gasteiger partial charge in [-0.25, -0.2) is 0 Å². The highest BCUT2D eigenvalue weighted by Crippen LogP contribution is 2.28. The molecule has 2 amide bonds. The smallest absolute Gasteiger partial charge is 0.223 e. The van der Waals surface area contributed by atoms with Gasteiger partial charge in [0.2, 0.25) is 11.8 Å². The molecule has 1 aliphatic heterocycles. The molecule has 3 rings (SSSR count). The molecule has 0 spiro atoms. The van der Waals surface area contributed by atoms with Crippen LogP contribution in [0.5, 0.6) is 0 Å². The van der Waals surface area contributed by atoms with E-state index in [-0.39, 0.29) is 36.2 Å². The fourth-order valence-corrected chi connectivity index (χ4v) is 4.10. The monoisotopic (exact) mass is 393 g/mol. The molecule has 0 bridgehead atoms. The van der Waals surface area contributed by atoms with E-state index in [9.17, 15) is 9.59 Å². The lowest BCUT2D eigenvalue weighted by Gasteiger charge is -2.32. The summed E-state index contributed by atoms with van der Waals surface area (Å²) in [5, 5.41) is 3.04. The molecule has 1 aromatic rings. The van der Waals surface area contributed by atoms with Crippen molar-refractivity contribution in [1.82, 2.24) is 10.2 Å². The second-order valence-electron chi connectivity index (χ2n) is 7.92. The molecule has 1 heterocycles. The Bertz CT molecular complexity index is 627. The lowest BCUT2D eigenvalue weighted by molar-refractivity contribution is -0.136. The minimum atomic E-state index is 0. The third kappa shape index (κ3) is 5.94. The number of benzene rings is 1. The Labute approximate surface area is 168 Å². The van der Waals surface area contributed by atoms with Crippen molar-refractivity contribution in [3.05, 3.63) is 35.4 Å². The van der Waals surface area contributed by atoms with E-state index in [0.29, 0.717) is 32.0 Å². The van der Waals surface area contributed by atoms with Crippen LogP contribution in [-0.2, 0) is 16.1 Å². The Morgan fingerprint density at radius 2 is 1.78 bits per heavy atom. The largest absolute Gasteiger partial charge is 0.352 e. The molecule has 3 N–H and O–H groups in total. The van der Waals surface area contributed by atoms with Crippen LogP contribution in [0.2, 0.25) is 0 Å². The van der Waals surface area contributed by atoms with Crippen molar-refractivity contribution in [1.29, 1.82) is 0 Å². The SMILES string of the molecule is Cc1ccc(CNC(=O)C2CCN(C(=O)C[C@@H]3CCC[C@H]3N)CC2)cc1.Cl. The van der Waals surface area contributed by atoms with Gasteiger partial charge in [0.15, 0.2) is 0 Å². The number of hydrogen-bond acceptors (Lipinski definition) is 3. The zero-order valence-electron chi connectivity index (χ0n) is 16.2. The van der Waals surface area contributed by atoms with Crippen molar-refractivity contribution in [2.75, 3.05) is 13.1 Å². The van der Waals surface area contributed by atoms with E-state index >= 15 is 0 Å². The van der Waals surface area contributed by atoms with E-state index < -0.39 is 0 Å². The Balaban J connectivity index is 0.00000261. The molecule has 1 aromatic carbocycles. The fraction of sp³-hybridized carbons (Fsp3) is 0.619. The lowest BCUT2D eigenvalue weighted by Crippen LogP contribution is -2.44. The minimum absolute atomic E-state index is 0. The average Bonchev–Trinajstić information content (AvgIpc) is 3.05. The van der Waals surface area contributed by atoms with Crippen molar-refractivity contribution >= 4 is 24.2 Å². The van der Waals surface area contributed by atoms with E-state index in [0.717, 1.165) is 37.7 Å². The first-order chi connectivity index (χ1) is 12.5. The van der Waals surface area contributed by atoms with Crippen LogP contribution in [0.1, 0.15) is 49.7 Å². The summed E-state index contributed by atoms with van der Waals surface area (Å²) in [6.45, 7) is 3.99. The first-order valence-corrected chi connectivity index (χ1v) is 9.89. The molecule has 2 aliphatic rings. The van der Waals surface area contributed by atoms with Crippen molar-refractivity contribution in [3.63, 3.8) is 0 Å². The maximum Gasteiger partial charge on any atom is 0.223 e. The molecule has 1 saturated heterocycles. The molecule has 1 saturated carbocycles. The van der Waals surface area contributed by atoms with Crippen molar-refractivity contribution in [3.8, 4) is 0 Å². The molecule has 5 nitrogen and oxygen atoms in total. The molecule has 2 fully saturated rings. The summed E-state index contributed by atoms with van der Waals surface area (Å²) in [6.07, 6.45) is 5.34. The number of nitrogens with zero attached hydrogens (tertiary/aromatic N) is 1. The Kier molecular flexibility index (Phi) is 8.11. The van der Waals surface area contributed by atoms with Crippen LogP contribution in [0, 0.1) is 18.8 Å². The molecule has 0 unspecified atom stereocenters. The van der Waals surface area contributed by atoms with Crippen LogP contribution < -0.4 is 11.1 Å². The number of nitrogens with two attached hydrogens (primary N) is 1. The molecule has 6 heteroatoms. The summed E-state index contributed by atoms with van der Waals surface area (Å²) in [5.41, 5.74) is 8.42. The maximum absolute atomic E-state index is 12.5. The third-order valence-electron chi connectivity index (χ3n) is 5.96. The average molecular weight is 394 g/mol. The van der Waals surface area contributed by atoms with E-state index in [1.54, 1.807) is 0 Å². The van der Waals surface area contributed by atoms with Crippen LogP contribution in [0.3, 0.4) is 0 Å². The number of halogens is 1. The van der Waals surface area contributed by atoms with Gasteiger partial charge in [0.05, 0.1) is 0 Å². The van der Waals surface area contributed by atoms with Crippen molar-refractivity contribution < 1.29 is 9.59 Å². The second kappa shape index (κ2) is 10.1. The summed E-state index contributed by atoms with van der Waals surface area (Å²) in [6, 6.07) is 8.39. The highest BCUT2D eigenvalue weighted by molar-refractivity contribution is 5.85. The van der Waals surface area contributed by atoms with Crippen LogP contribution >= 0.6 is 12.4 Å². The van der Waals surface area contributed by atoms with Gasteiger partial charge in [0.1, 0.15) is 0 Å². The van der Waals surface area contributed by atoms with E-state index in [1.165, 1.54) is 5.56 Å². The predicted octanol–water partition coefficient (Wildman–Crippen LogP) is 2.79. The van der Waals surface area contributed by atoms with Gasteiger partial charge in [-0.2, -0.15) is 0 Å². The van der Waals surface area contributed by atoms with Gasteiger partial charge >= 0.3 is 0 Å². The maximum atomic E-state index is 12.5. The third-order valence-corrected chi connectivity index (χ3v) is 5.96. The Morgan fingerprint density at radius 1 is 1.11 bits per heavy atom. The number of amides is 2. The van der Waals surface area contributed by atoms with Gasteiger partial charge < -0.3 is 16.0 Å². The highest BCUT2D eigenvalue weighted by atomic mass is 35.5. The number of carbonyl (C=O) groups is 2. The normalized spacial score (nSPS) is 23.0. The summed E-state index contributed by atoms with van der Waals surface area (Å²) < 4.78 is 0. The van der Waals surface area contributed by atoms with Gasteiger partial charge in [-0.1, -0.05) is 36.2 Å². The Morgan fingerprint density at radius 3 is 2.37 bits per heavy atom. The topological polar surface area (TPSA) is 75.4 Å². The molecule has 2 atom stereocenters. The zero-order valence-corrected chi connectivity index (χ0v) is 17.0. The van der Waals surface area contributed by atoms with Crippen molar-refractivity contribution in [2.45, 2.75) is 58.0 Å². The van der Waals surface area contributed by atoms with Gasteiger partial charge in [0, 0.05) is 38.0 Å². The van der Waals surface area contributed by atoms with E-state index in [1.807, 2.05) is 17.0 Å². The number of aryl methyl sites for hydroxylation is 1. The van der Waals surface area contributed by atoms with Gasteiger partial charge in [-0.3, -0.25) is 9.59 Å².